The minimum atomic E-state index is -0.308. The van der Waals surface area contributed by atoms with Crippen molar-refractivity contribution < 1.29 is 5.11 Å². The molecule has 1 aliphatic heterocycles. The summed E-state index contributed by atoms with van der Waals surface area (Å²) in [5.74, 6) is 0.281. The highest BCUT2D eigenvalue weighted by molar-refractivity contribution is 5.02. The van der Waals surface area contributed by atoms with Gasteiger partial charge in [-0.05, 0) is 25.8 Å². The molecule has 6 nitrogen and oxygen atoms in total. The summed E-state index contributed by atoms with van der Waals surface area (Å²) in [7, 11) is 3.16. The molecule has 6 heteroatoms. The molecule has 1 aliphatic rings. The lowest BCUT2D eigenvalue weighted by Gasteiger charge is -2.19. The highest BCUT2D eigenvalue weighted by atomic mass is 16.3. The molecule has 1 saturated heterocycles. The quantitative estimate of drug-likeness (QED) is 0.785. The molecule has 0 bridgehead atoms. The van der Waals surface area contributed by atoms with Gasteiger partial charge in [-0.1, -0.05) is 0 Å². The molecule has 19 heavy (non-hydrogen) atoms. The molecule has 2 heterocycles. The van der Waals surface area contributed by atoms with Crippen LogP contribution in [0.5, 0.6) is 0 Å². The number of aliphatic hydroxyl groups is 1. The molecule has 0 saturated carbocycles. The average Bonchev–Trinajstić information content (AvgIpc) is 2.82. The maximum absolute atomic E-state index is 11.8. The van der Waals surface area contributed by atoms with E-state index in [1.165, 1.54) is 17.7 Å². The Hall–Kier alpha value is -1.40. The Morgan fingerprint density at radius 1 is 1.37 bits per heavy atom. The zero-order chi connectivity index (χ0) is 14.2. The fourth-order valence-electron chi connectivity index (χ4n) is 2.56. The summed E-state index contributed by atoms with van der Waals surface area (Å²) in [5.41, 5.74) is 0.150. The fraction of sp³-hybridized carbons (Fsp3) is 0.692. The van der Waals surface area contributed by atoms with E-state index in [-0.39, 0.29) is 23.3 Å². The van der Waals surface area contributed by atoms with Crippen LogP contribution < -0.4 is 11.2 Å². The van der Waals surface area contributed by atoms with Gasteiger partial charge >= 0.3 is 5.69 Å². The van der Waals surface area contributed by atoms with Gasteiger partial charge in [0.1, 0.15) is 0 Å². The van der Waals surface area contributed by atoms with Crippen LogP contribution >= 0.6 is 0 Å². The SMILES string of the molecule is CC(O)C1CCN(Cc2cc(=O)n(C)c(=O)n2C)C1. The van der Waals surface area contributed by atoms with Crippen molar-refractivity contribution in [3.8, 4) is 0 Å². The first kappa shape index (κ1) is 14.0. The number of likely N-dealkylation sites (tertiary alicyclic amines) is 1. The maximum Gasteiger partial charge on any atom is 0.330 e. The average molecular weight is 267 g/mol. The molecule has 1 N–H and O–H groups in total. The molecular weight excluding hydrogens is 246 g/mol. The highest BCUT2D eigenvalue weighted by Gasteiger charge is 2.26. The Bertz CT molecular complexity index is 573. The maximum atomic E-state index is 11.8. The molecule has 0 amide bonds. The van der Waals surface area contributed by atoms with E-state index in [9.17, 15) is 14.7 Å². The van der Waals surface area contributed by atoms with E-state index in [0.29, 0.717) is 6.54 Å². The minimum Gasteiger partial charge on any atom is -0.393 e. The van der Waals surface area contributed by atoms with Crippen molar-refractivity contribution in [2.24, 2.45) is 20.0 Å². The van der Waals surface area contributed by atoms with Gasteiger partial charge < -0.3 is 5.11 Å². The summed E-state index contributed by atoms with van der Waals surface area (Å²) in [5, 5.41) is 9.58. The largest absolute Gasteiger partial charge is 0.393 e. The lowest BCUT2D eigenvalue weighted by Crippen LogP contribution is -2.39. The Morgan fingerprint density at radius 3 is 2.63 bits per heavy atom. The van der Waals surface area contributed by atoms with Crippen LogP contribution in [0, 0.1) is 5.92 Å². The van der Waals surface area contributed by atoms with Crippen LogP contribution in [-0.2, 0) is 20.6 Å². The molecule has 2 unspecified atom stereocenters. The number of nitrogens with zero attached hydrogens (tertiary/aromatic N) is 3. The van der Waals surface area contributed by atoms with Crippen LogP contribution in [0.15, 0.2) is 15.7 Å². The van der Waals surface area contributed by atoms with Gasteiger partial charge in [0.15, 0.2) is 0 Å². The number of hydrogen-bond donors (Lipinski definition) is 1. The molecule has 1 fully saturated rings. The Labute approximate surface area is 111 Å². The summed E-state index contributed by atoms with van der Waals surface area (Å²) in [6.45, 7) is 4.08. The number of aromatic nitrogens is 2. The Morgan fingerprint density at radius 2 is 2.05 bits per heavy atom. The van der Waals surface area contributed by atoms with Crippen molar-refractivity contribution in [3.63, 3.8) is 0 Å². The molecule has 0 radical (unpaired) electrons. The van der Waals surface area contributed by atoms with Gasteiger partial charge in [0.05, 0.1) is 6.10 Å². The predicted octanol–water partition coefficient (Wildman–Crippen LogP) is -0.713. The van der Waals surface area contributed by atoms with Crippen LogP contribution in [0.25, 0.3) is 0 Å². The summed E-state index contributed by atoms with van der Waals surface area (Å²) < 4.78 is 2.61. The lowest BCUT2D eigenvalue weighted by molar-refractivity contribution is 0.127. The van der Waals surface area contributed by atoms with Crippen LogP contribution in [-0.4, -0.2) is 38.3 Å². The molecule has 0 aliphatic carbocycles. The molecule has 1 aromatic heterocycles. The van der Waals surface area contributed by atoms with Crippen molar-refractivity contribution in [2.45, 2.75) is 26.0 Å². The third-order valence-electron chi connectivity index (χ3n) is 4.00. The second kappa shape index (κ2) is 5.30. The van der Waals surface area contributed by atoms with Crippen molar-refractivity contribution in [2.75, 3.05) is 13.1 Å². The predicted molar refractivity (Wildman–Crippen MR) is 72.0 cm³/mol. The van der Waals surface area contributed by atoms with Crippen LogP contribution in [0.3, 0.4) is 0 Å². The third kappa shape index (κ3) is 2.79. The topological polar surface area (TPSA) is 67.5 Å². The van der Waals surface area contributed by atoms with Gasteiger partial charge in [-0.15, -0.1) is 0 Å². The van der Waals surface area contributed by atoms with Gasteiger partial charge in [0.2, 0.25) is 0 Å². The van der Waals surface area contributed by atoms with E-state index in [0.717, 1.165) is 29.8 Å². The number of hydrogen-bond acceptors (Lipinski definition) is 4. The molecule has 2 rings (SSSR count). The van der Waals surface area contributed by atoms with E-state index < -0.39 is 0 Å². The number of rotatable bonds is 3. The Kier molecular flexibility index (Phi) is 3.91. The zero-order valence-electron chi connectivity index (χ0n) is 11.7. The molecule has 106 valence electrons. The van der Waals surface area contributed by atoms with Gasteiger partial charge in [-0.2, -0.15) is 0 Å². The monoisotopic (exact) mass is 267 g/mol. The molecule has 2 atom stereocenters. The van der Waals surface area contributed by atoms with Crippen LogP contribution in [0.4, 0.5) is 0 Å². The molecule has 0 aromatic carbocycles. The summed E-state index contributed by atoms with van der Waals surface area (Å²) in [4.78, 5) is 25.6. The van der Waals surface area contributed by atoms with Crippen molar-refractivity contribution in [1.29, 1.82) is 0 Å². The Balaban J connectivity index is 2.17. The molecule has 0 spiro atoms. The van der Waals surface area contributed by atoms with Crippen molar-refractivity contribution >= 4 is 0 Å². The van der Waals surface area contributed by atoms with Crippen molar-refractivity contribution in [1.82, 2.24) is 14.0 Å². The highest BCUT2D eigenvalue weighted by Crippen LogP contribution is 2.20. The van der Waals surface area contributed by atoms with Crippen LogP contribution in [0.2, 0.25) is 0 Å². The summed E-state index contributed by atoms with van der Waals surface area (Å²) in [6, 6.07) is 1.51. The standard InChI is InChI=1S/C13H21N3O3/c1-9(17)10-4-5-16(7-10)8-11-6-12(18)15(3)13(19)14(11)2/h6,9-10,17H,4-5,7-8H2,1-3H3. The molecular formula is C13H21N3O3. The van der Waals surface area contributed by atoms with Crippen LogP contribution in [0.1, 0.15) is 19.0 Å². The van der Waals surface area contributed by atoms with Crippen molar-refractivity contribution in [3.05, 3.63) is 32.6 Å². The number of aliphatic hydroxyl groups excluding tert-OH is 1. The lowest BCUT2D eigenvalue weighted by atomic mass is 10.0. The first-order chi connectivity index (χ1) is 8.90. The summed E-state index contributed by atoms with van der Waals surface area (Å²) >= 11 is 0. The summed E-state index contributed by atoms with van der Waals surface area (Å²) in [6.07, 6.45) is 0.647. The van der Waals surface area contributed by atoms with E-state index in [1.807, 2.05) is 6.92 Å². The molecule has 1 aromatic rings. The second-order valence-electron chi connectivity index (χ2n) is 5.40. The third-order valence-corrected chi connectivity index (χ3v) is 4.00. The van der Waals surface area contributed by atoms with Gasteiger partial charge in [-0.3, -0.25) is 18.8 Å². The van der Waals surface area contributed by atoms with E-state index in [1.54, 1.807) is 7.05 Å². The van der Waals surface area contributed by atoms with Gasteiger partial charge in [-0.25, -0.2) is 4.79 Å². The van der Waals surface area contributed by atoms with Gasteiger partial charge in [0, 0.05) is 38.9 Å². The van der Waals surface area contributed by atoms with E-state index >= 15 is 0 Å². The van der Waals surface area contributed by atoms with Gasteiger partial charge in [0.25, 0.3) is 5.56 Å². The minimum absolute atomic E-state index is 0.274. The zero-order valence-corrected chi connectivity index (χ0v) is 11.7. The first-order valence-electron chi connectivity index (χ1n) is 6.56. The smallest absolute Gasteiger partial charge is 0.330 e. The normalized spacial score (nSPS) is 21.8. The first-order valence-corrected chi connectivity index (χ1v) is 6.56. The van der Waals surface area contributed by atoms with E-state index in [2.05, 4.69) is 4.90 Å². The van der Waals surface area contributed by atoms with E-state index in [4.69, 9.17) is 0 Å². The second-order valence-corrected chi connectivity index (χ2v) is 5.40. The fourth-order valence-corrected chi connectivity index (χ4v) is 2.56.